The van der Waals surface area contributed by atoms with E-state index in [0.717, 1.165) is 38.1 Å². The maximum absolute atomic E-state index is 9.50. The number of halogens is 1. The van der Waals surface area contributed by atoms with Crippen LogP contribution in [0.15, 0.2) is 4.99 Å². The molecule has 2 rings (SSSR count). The highest BCUT2D eigenvalue weighted by atomic mass is 127. The lowest BCUT2D eigenvalue weighted by molar-refractivity contribution is 0.137. The minimum Gasteiger partial charge on any atom is -0.396 e. The van der Waals surface area contributed by atoms with Gasteiger partial charge in [-0.1, -0.05) is 25.7 Å². The van der Waals surface area contributed by atoms with Crippen molar-refractivity contribution in [3.05, 3.63) is 0 Å². The molecule has 0 bridgehead atoms. The van der Waals surface area contributed by atoms with Crippen molar-refractivity contribution in [2.45, 2.75) is 90.5 Å². The predicted molar refractivity (Wildman–Crippen MR) is 131 cm³/mol. The Labute approximate surface area is 190 Å². The number of likely N-dealkylation sites (tertiary alicyclic amines) is 1. The van der Waals surface area contributed by atoms with Crippen molar-refractivity contribution < 1.29 is 5.11 Å². The molecule has 1 saturated heterocycles. The summed E-state index contributed by atoms with van der Waals surface area (Å²) in [6.07, 6.45) is 13.8. The first-order valence-corrected chi connectivity index (χ1v) is 11.6. The topological polar surface area (TPSA) is 59.9 Å². The molecule has 0 aromatic heterocycles. The van der Waals surface area contributed by atoms with Gasteiger partial charge in [0.25, 0.3) is 0 Å². The van der Waals surface area contributed by atoms with Crippen LogP contribution in [0.25, 0.3) is 0 Å². The molecule has 1 atom stereocenters. The van der Waals surface area contributed by atoms with E-state index in [1.165, 1.54) is 77.3 Å². The monoisotopic (exact) mass is 508 g/mol. The third kappa shape index (κ3) is 9.16. The largest absolute Gasteiger partial charge is 0.396 e. The lowest BCUT2D eigenvalue weighted by Gasteiger charge is -2.35. The van der Waals surface area contributed by atoms with Crippen molar-refractivity contribution in [3.63, 3.8) is 0 Å². The second kappa shape index (κ2) is 14.8. The van der Waals surface area contributed by atoms with Gasteiger partial charge in [-0.25, -0.2) is 0 Å². The fourth-order valence-electron chi connectivity index (χ4n) is 4.75. The van der Waals surface area contributed by atoms with Gasteiger partial charge in [-0.3, -0.25) is 4.99 Å². The van der Waals surface area contributed by atoms with Crippen molar-refractivity contribution in [2.24, 2.45) is 10.4 Å². The van der Waals surface area contributed by atoms with E-state index >= 15 is 0 Å². The molecule has 0 radical (unpaired) electrons. The summed E-state index contributed by atoms with van der Waals surface area (Å²) in [5.74, 6) is 0.951. The fraction of sp³-hybridized carbons (Fsp3) is 0.955. The zero-order valence-electron chi connectivity index (χ0n) is 18.3. The Morgan fingerprint density at radius 2 is 1.89 bits per heavy atom. The number of aliphatic hydroxyl groups is 1. The van der Waals surface area contributed by atoms with Crippen molar-refractivity contribution >= 4 is 29.9 Å². The molecule has 3 N–H and O–H groups in total. The van der Waals surface area contributed by atoms with Crippen LogP contribution in [0, 0.1) is 5.41 Å². The molecule has 5 nitrogen and oxygen atoms in total. The Hall–Kier alpha value is -0.0800. The molecule has 0 aromatic carbocycles. The smallest absolute Gasteiger partial charge is 0.191 e. The van der Waals surface area contributed by atoms with Crippen LogP contribution < -0.4 is 10.6 Å². The molecule has 2 aliphatic rings. The Morgan fingerprint density at radius 1 is 1.11 bits per heavy atom. The van der Waals surface area contributed by atoms with Crippen molar-refractivity contribution in [1.29, 1.82) is 0 Å². The zero-order valence-corrected chi connectivity index (χ0v) is 20.7. The molecule has 1 saturated carbocycles. The quantitative estimate of drug-likeness (QED) is 0.180. The van der Waals surface area contributed by atoms with Gasteiger partial charge in [0.15, 0.2) is 5.96 Å². The summed E-state index contributed by atoms with van der Waals surface area (Å²) >= 11 is 0. The first-order chi connectivity index (χ1) is 13.2. The van der Waals surface area contributed by atoms with Gasteiger partial charge in [-0.05, 0) is 77.3 Å². The maximum atomic E-state index is 9.50. The highest BCUT2D eigenvalue weighted by Crippen LogP contribution is 2.39. The average molecular weight is 509 g/mol. The molecule has 2 fully saturated rings. The Morgan fingerprint density at radius 3 is 2.57 bits per heavy atom. The molecule has 0 spiro atoms. The molecular weight excluding hydrogens is 463 g/mol. The number of guanidine groups is 1. The van der Waals surface area contributed by atoms with E-state index < -0.39 is 0 Å². The zero-order chi connectivity index (χ0) is 19.4. The molecular formula is C22H45IN4O. The molecule has 1 aliphatic heterocycles. The molecule has 1 heterocycles. The third-order valence-corrected chi connectivity index (χ3v) is 6.58. The van der Waals surface area contributed by atoms with Crippen LogP contribution >= 0.6 is 24.0 Å². The van der Waals surface area contributed by atoms with E-state index in [1.54, 1.807) is 0 Å². The van der Waals surface area contributed by atoms with E-state index in [4.69, 9.17) is 4.99 Å². The summed E-state index contributed by atoms with van der Waals surface area (Å²) in [5.41, 5.74) is 0.222. The summed E-state index contributed by atoms with van der Waals surface area (Å²) in [6.45, 7) is 10.0. The third-order valence-electron chi connectivity index (χ3n) is 6.58. The second-order valence-electron chi connectivity index (χ2n) is 8.74. The number of aliphatic hydroxyl groups excluding tert-OH is 1. The van der Waals surface area contributed by atoms with Gasteiger partial charge < -0.3 is 20.6 Å². The maximum Gasteiger partial charge on any atom is 0.191 e. The Balaban J connectivity index is 0.00000392. The minimum absolute atomic E-state index is 0. The normalized spacial score (nSPS) is 23.1. The van der Waals surface area contributed by atoms with E-state index in [2.05, 4.69) is 29.4 Å². The van der Waals surface area contributed by atoms with E-state index in [0.29, 0.717) is 0 Å². The van der Waals surface area contributed by atoms with Crippen molar-refractivity contribution in [1.82, 2.24) is 15.5 Å². The van der Waals surface area contributed by atoms with Gasteiger partial charge >= 0.3 is 0 Å². The van der Waals surface area contributed by atoms with Crippen LogP contribution in [0.5, 0.6) is 0 Å². The van der Waals surface area contributed by atoms with Gasteiger partial charge in [-0.2, -0.15) is 0 Å². The minimum atomic E-state index is 0. The molecule has 1 unspecified atom stereocenters. The van der Waals surface area contributed by atoms with Crippen LogP contribution in [0.1, 0.15) is 84.5 Å². The van der Waals surface area contributed by atoms with Crippen LogP contribution in [0.2, 0.25) is 0 Å². The van der Waals surface area contributed by atoms with Crippen LogP contribution in [0.4, 0.5) is 0 Å². The van der Waals surface area contributed by atoms with Crippen LogP contribution in [0.3, 0.4) is 0 Å². The molecule has 166 valence electrons. The van der Waals surface area contributed by atoms with Gasteiger partial charge in [-0.15, -0.1) is 24.0 Å². The predicted octanol–water partition coefficient (Wildman–Crippen LogP) is 4.15. The Bertz CT molecular complexity index is 421. The summed E-state index contributed by atoms with van der Waals surface area (Å²) in [6, 6.07) is 0.767. The lowest BCUT2D eigenvalue weighted by Crippen LogP contribution is -2.40. The molecule has 0 aromatic rings. The number of rotatable bonds is 10. The number of nitrogens with one attached hydrogen (secondary N) is 2. The van der Waals surface area contributed by atoms with Crippen molar-refractivity contribution in [3.8, 4) is 0 Å². The van der Waals surface area contributed by atoms with E-state index in [-0.39, 0.29) is 36.0 Å². The van der Waals surface area contributed by atoms with Gasteiger partial charge in [0.1, 0.15) is 0 Å². The Kier molecular flexibility index (Phi) is 13.7. The SMILES string of the molecule is CCNC(=NCC1(CCO)CCCCC1)NCCCCN1CCCCC1C.I. The van der Waals surface area contributed by atoms with Gasteiger partial charge in [0, 0.05) is 32.3 Å². The highest BCUT2D eigenvalue weighted by molar-refractivity contribution is 14.0. The number of piperidine rings is 1. The summed E-state index contributed by atoms with van der Waals surface area (Å²) < 4.78 is 0. The van der Waals surface area contributed by atoms with Crippen LogP contribution in [-0.4, -0.2) is 61.3 Å². The first-order valence-electron chi connectivity index (χ1n) is 11.6. The highest BCUT2D eigenvalue weighted by Gasteiger charge is 2.31. The second-order valence-corrected chi connectivity index (χ2v) is 8.74. The van der Waals surface area contributed by atoms with Crippen molar-refractivity contribution in [2.75, 3.05) is 39.3 Å². The van der Waals surface area contributed by atoms with E-state index in [1.807, 2.05) is 0 Å². The molecule has 28 heavy (non-hydrogen) atoms. The molecule has 0 amide bonds. The molecule has 1 aliphatic carbocycles. The summed E-state index contributed by atoms with van der Waals surface area (Å²) in [4.78, 5) is 7.56. The van der Waals surface area contributed by atoms with E-state index in [9.17, 15) is 5.11 Å². The lowest BCUT2D eigenvalue weighted by atomic mass is 9.72. The number of hydrogen-bond donors (Lipinski definition) is 3. The van der Waals surface area contributed by atoms with Crippen LogP contribution in [-0.2, 0) is 0 Å². The first kappa shape index (κ1) is 26.0. The fourth-order valence-corrected chi connectivity index (χ4v) is 4.75. The average Bonchev–Trinajstić information content (AvgIpc) is 2.68. The van der Waals surface area contributed by atoms with Gasteiger partial charge in [0.05, 0.1) is 0 Å². The summed E-state index contributed by atoms with van der Waals surface area (Å²) in [5, 5.41) is 16.4. The molecule has 6 heteroatoms. The number of unbranched alkanes of at least 4 members (excludes halogenated alkanes) is 1. The summed E-state index contributed by atoms with van der Waals surface area (Å²) in [7, 11) is 0. The standard InChI is InChI=1S/C22H44N4O.HI/c1-3-23-21(25-19-22(14-18-27)12-6-4-7-13-22)24-15-8-10-17-26-16-9-5-11-20(26)2;/h20,27H,3-19H2,1-2H3,(H2,23,24,25);1H. The number of nitrogens with zero attached hydrogens (tertiary/aromatic N) is 2. The number of aliphatic imine (C=N–C) groups is 1. The van der Waals surface area contributed by atoms with Gasteiger partial charge in [0.2, 0.25) is 0 Å². The number of hydrogen-bond acceptors (Lipinski definition) is 3.